The number of carbonyl (C=O) groups excluding carboxylic acids is 1. The largest absolute Gasteiger partial charge is 0.396 e. The summed E-state index contributed by atoms with van der Waals surface area (Å²) >= 11 is 3.43. The molecule has 2 aromatic rings. The van der Waals surface area contributed by atoms with E-state index >= 15 is 0 Å². The standard InChI is InChI=1S/C16H18BrNO2/c1-16(2,10-19)9-18-15(20)13-4-3-12-8-14(17)6-5-11(12)7-13/h3-8,19H,9-10H2,1-2H3,(H,18,20). The second kappa shape index (κ2) is 5.94. The zero-order valence-electron chi connectivity index (χ0n) is 11.6. The number of fused-ring (bicyclic) bond motifs is 1. The lowest BCUT2D eigenvalue weighted by atomic mass is 9.95. The lowest BCUT2D eigenvalue weighted by Gasteiger charge is -2.21. The molecule has 20 heavy (non-hydrogen) atoms. The van der Waals surface area contributed by atoms with Gasteiger partial charge in [0.2, 0.25) is 0 Å². The molecule has 2 rings (SSSR count). The third-order valence-electron chi connectivity index (χ3n) is 3.22. The van der Waals surface area contributed by atoms with Gasteiger partial charge in [-0.3, -0.25) is 4.79 Å². The van der Waals surface area contributed by atoms with Gasteiger partial charge in [-0.1, -0.05) is 41.9 Å². The smallest absolute Gasteiger partial charge is 0.251 e. The molecule has 0 aromatic heterocycles. The van der Waals surface area contributed by atoms with Crippen LogP contribution in [0.3, 0.4) is 0 Å². The van der Waals surface area contributed by atoms with Gasteiger partial charge in [0.15, 0.2) is 0 Å². The van der Waals surface area contributed by atoms with Gasteiger partial charge in [-0.05, 0) is 35.0 Å². The molecule has 0 aliphatic rings. The van der Waals surface area contributed by atoms with Crippen LogP contribution in [-0.4, -0.2) is 24.2 Å². The second-order valence-electron chi connectivity index (χ2n) is 5.71. The van der Waals surface area contributed by atoms with E-state index in [0.29, 0.717) is 12.1 Å². The van der Waals surface area contributed by atoms with E-state index in [9.17, 15) is 9.90 Å². The highest BCUT2D eigenvalue weighted by molar-refractivity contribution is 9.10. The number of carbonyl (C=O) groups is 1. The van der Waals surface area contributed by atoms with Gasteiger partial charge in [-0.15, -0.1) is 0 Å². The molecule has 0 fully saturated rings. The maximum Gasteiger partial charge on any atom is 0.251 e. The Morgan fingerprint density at radius 3 is 2.55 bits per heavy atom. The molecule has 0 atom stereocenters. The van der Waals surface area contributed by atoms with Gasteiger partial charge in [-0.25, -0.2) is 0 Å². The van der Waals surface area contributed by atoms with Gasteiger partial charge in [0.05, 0.1) is 0 Å². The molecule has 1 amide bonds. The molecule has 2 aromatic carbocycles. The summed E-state index contributed by atoms with van der Waals surface area (Å²) in [4.78, 5) is 12.1. The lowest BCUT2D eigenvalue weighted by molar-refractivity contribution is 0.0911. The normalized spacial score (nSPS) is 11.6. The van der Waals surface area contributed by atoms with Crippen LogP contribution in [0.1, 0.15) is 24.2 Å². The van der Waals surface area contributed by atoms with Crippen LogP contribution in [0, 0.1) is 5.41 Å². The maximum atomic E-state index is 12.1. The van der Waals surface area contributed by atoms with Crippen LogP contribution < -0.4 is 5.32 Å². The Kier molecular flexibility index (Phi) is 4.45. The van der Waals surface area contributed by atoms with Gasteiger partial charge in [0, 0.05) is 28.6 Å². The highest BCUT2D eigenvalue weighted by Crippen LogP contribution is 2.21. The van der Waals surface area contributed by atoms with Crippen LogP contribution in [0.15, 0.2) is 40.9 Å². The molecule has 0 saturated heterocycles. The van der Waals surface area contributed by atoms with Crippen molar-refractivity contribution in [1.82, 2.24) is 5.32 Å². The summed E-state index contributed by atoms with van der Waals surface area (Å²) in [5.41, 5.74) is 0.325. The van der Waals surface area contributed by atoms with Crippen molar-refractivity contribution in [2.24, 2.45) is 5.41 Å². The minimum absolute atomic E-state index is 0.0407. The van der Waals surface area contributed by atoms with E-state index < -0.39 is 0 Å². The fraction of sp³-hybridized carbons (Fsp3) is 0.312. The predicted molar refractivity (Wildman–Crippen MR) is 84.8 cm³/mol. The monoisotopic (exact) mass is 335 g/mol. The molecular formula is C16H18BrNO2. The average molecular weight is 336 g/mol. The van der Waals surface area contributed by atoms with Crippen LogP contribution >= 0.6 is 15.9 Å². The molecule has 0 spiro atoms. The molecular weight excluding hydrogens is 318 g/mol. The number of aliphatic hydroxyl groups is 1. The molecule has 2 N–H and O–H groups in total. The molecule has 4 heteroatoms. The first-order chi connectivity index (χ1) is 9.41. The lowest BCUT2D eigenvalue weighted by Crippen LogP contribution is -2.36. The molecule has 0 aliphatic carbocycles. The van der Waals surface area contributed by atoms with Gasteiger partial charge in [0.1, 0.15) is 0 Å². The van der Waals surface area contributed by atoms with E-state index in [4.69, 9.17) is 0 Å². The Hall–Kier alpha value is -1.39. The highest BCUT2D eigenvalue weighted by Gasteiger charge is 2.18. The number of benzene rings is 2. The van der Waals surface area contributed by atoms with Gasteiger partial charge in [-0.2, -0.15) is 0 Å². The molecule has 0 unspecified atom stereocenters. The molecule has 0 aliphatic heterocycles. The fourth-order valence-corrected chi connectivity index (χ4v) is 2.21. The van der Waals surface area contributed by atoms with Crippen molar-refractivity contribution in [2.45, 2.75) is 13.8 Å². The number of rotatable bonds is 4. The predicted octanol–water partition coefficient (Wildman–Crippen LogP) is 3.35. The summed E-state index contributed by atoms with van der Waals surface area (Å²) in [6.07, 6.45) is 0. The van der Waals surface area contributed by atoms with Crippen LogP contribution in [0.4, 0.5) is 0 Å². The van der Waals surface area contributed by atoms with Gasteiger partial charge >= 0.3 is 0 Å². The zero-order chi connectivity index (χ0) is 14.8. The topological polar surface area (TPSA) is 49.3 Å². The number of aliphatic hydroxyl groups excluding tert-OH is 1. The van der Waals surface area contributed by atoms with E-state index in [1.54, 1.807) is 0 Å². The molecule has 106 valence electrons. The van der Waals surface area contributed by atoms with Crippen molar-refractivity contribution >= 4 is 32.6 Å². The summed E-state index contributed by atoms with van der Waals surface area (Å²) in [7, 11) is 0. The third kappa shape index (κ3) is 3.58. The van der Waals surface area contributed by atoms with Gasteiger partial charge in [0.25, 0.3) is 5.91 Å². The van der Waals surface area contributed by atoms with E-state index in [1.807, 2.05) is 50.2 Å². The maximum absolute atomic E-state index is 12.1. The minimum Gasteiger partial charge on any atom is -0.396 e. The molecule has 3 nitrogen and oxygen atoms in total. The molecule has 0 saturated carbocycles. The minimum atomic E-state index is -0.308. The molecule has 0 bridgehead atoms. The number of hydrogen-bond acceptors (Lipinski definition) is 2. The van der Waals surface area contributed by atoms with Crippen molar-refractivity contribution in [1.29, 1.82) is 0 Å². The fourth-order valence-electron chi connectivity index (χ4n) is 1.84. The summed E-state index contributed by atoms with van der Waals surface area (Å²) < 4.78 is 1.02. The first-order valence-corrected chi connectivity index (χ1v) is 7.29. The number of nitrogens with one attached hydrogen (secondary N) is 1. The number of hydrogen-bond donors (Lipinski definition) is 2. The van der Waals surface area contributed by atoms with Crippen LogP contribution in [-0.2, 0) is 0 Å². The van der Waals surface area contributed by atoms with Crippen molar-refractivity contribution in [2.75, 3.05) is 13.2 Å². The average Bonchev–Trinajstić information content (AvgIpc) is 2.44. The van der Waals surface area contributed by atoms with Crippen LogP contribution in [0.5, 0.6) is 0 Å². The zero-order valence-corrected chi connectivity index (χ0v) is 13.2. The van der Waals surface area contributed by atoms with Crippen LogP contribution in [0.25, 0.3) is 10.8 Å². The summed E-state index contributed by atoms with van der Waals surface area (Å²) in [6.45, 7) is 4.30. The van der Waals surface area contributed by atoms with E-state index in [2.05, 4.69) is 21.2 Å². The Balaban J connectivity index is 2.16. The van der Waals surface area contributed by atoms with Crippen LogP contribution in [0.2, 0.25) is 0 Å². The number of amides is 1. The molecule has 0 radical (unpaired) electrons. The van der Waals surface area contributed by atoms with E-state index in [1.165, 1.54) is 0 Å². The Bertz CT molecular complexity index is 637. The summed E-state index contributed by atoms with van der Waals surface area (Å²) in [5.74, 6) is -0.114. The number of halogens is 1. The first kappa shape index (κ1) is 15.0. The first-order valence-electron chi connectivity index (χ1n) is 6.50. The quantitative estimate of drug-likeness (QED) is 0.900. The summed E-state index contributed by atoms with van der Waals surface area (Å²) in [6, 6.07) is 11.6. The van der Waals surface area contributed by atoms with E-state index in [0.717, 1.165) is 15.2 Å². The second-order valence-corrected chi connectivity index (χ2v) is 6.63. The van der Waals surface area contributed by atoms with Crippen molar-refractivity contribution in [3.63, 3.8) is 0 Å². The van der Waals surface area contributed by atoms with Crippen molar-refractivity contribution in [3.8, 4) is 0 Å². The highest BCUT2D eigenvalue weighted by atomic mass is 79.9. The van der Waals surface area contributed by atoms with Gasteiger partial charge < -0.3 is 10.4 Å². The van der Waals surface area contributed by atoms with Crippen molar-refractivity contribution < 1.29 is 9.90 Å². The Morgan fingerprint density at radius 1 is 1.20 bits per heavy atom. The summed E-state index contributed by atoms with van der Waals surface area (Å²) in [5, 5.41) is 14.2. The van der Waals surface area contributed by atoms with E-state index in [-0.39, 0.29) is 17.9 Å². The molecule has 0 heterocycles. The Labute approximate surface area is 127 Å². The Morgan fingerprint density at radius 2 is 1.85 bits per heavy atom. The third-order valence-corrected chi connectivity index (χ3v) is 3.71. The SMILES string of the molecule is CC(C)(CO)CNC(=O)c1ccc2cc(Br)ccc2c1. The van der Waals surface area contributed by atoms with Crippen molar-refractivity contribution in [3.05, 3.63) is 46.4 Å².